The number of ether oxygens (including phenoxy) is 3. The molecule has 2 aliphatic heterocycles. The largest absolute Gasteiger partial charge is 0.470 e. The molecular weight excluding hydrogens is 464 g/mol. The maximum Gasteiger partial charge on any atom is 0.377 e. The first-order valence-electron chi connectivity index (χ1n) is 12.2. The van der Waals surface area contributed by atoms with Crippen LogP contribution < -0.4 is 9.47 Å². The summed E-state index contributed by atoms with van der Waals surface area (Å²) in [4.78, 5) is 15.0. The number of nitrogens with zero attached hydrogens (tertiary/aromatic N) is 5. The molecule has 190 valence electrons. The zero-order valence-electron chi connectivity index (χ0n) is 20.7. The molecule has 0 aliphatic carbocycles. The lowest BCUT2D eigenvalue weighted by molar-refractivity contribution is -0.0836. The fraction of sp³-hybridized carbons (Fsp3) is 0.480. The van der Waals surface area contributed by atoms with Crippen LogP contribution in [0, 0.1) is 0 Å². The number of hydrogen-bond donors (Lipinski definition) is 1. The van der Waals surface area contributed by atoms with Crippen molar-refractivity contribution in [2.24, 2.45) is 0 Å². The van der Waals surface area contributed by atoms with E-state index in [2.05, 4.69) is 21.9 Å². The van der Waals surface area contributed by atoms with Crippen molar-refractivity contribution in [3.05, 3.63) is 49.3 Å². The Kier molecular flexibility index (Phi) is 6.96. The summed E-state index contributed by atoms with van der Waals surface area (Å²) in [6.45, 7) is 3.87. The van der Waals surface area contributed by atoms with Gasteiger partial charge in [0, 0.05) is 49.1 Å². The number of piperidine rings is 2. The molecule has 11 heteroatoms. The highest BCUT2D eigenvalue weighted by molar-refractivity contribution is 6.45. The van der Waals surface area contributed by atoms with E-state index < -0.39 is 19.3 Å². The summed E-state index contributed by atoms with van der Waals surface area (Å²) in [5.41, 5.74) is 1.90. The van der Waals surface area contributed by atoms with Gasteiger partial charge in [-0.1, -0.05) is 6.42 Å². The lowest BCUT2D eigenvalue weighted by Crippen LogP contribution is -2.70. The van der Waals surface area contributed by atoms with E-state index >= 15 is 4.39 Å². The summed E-state index contributed by atoms with van der Waals surface area (Å²) >= 11 is 0. The highest BCUT2D eigenvalue weighted by Crippen LogP contribution is 2.44. The van der Waals surface area contributed by atoms with Crippen LogP contribution in [-0.2, 0) is 4.74 Å². The summed E-state index contributed by atoms with van der Waals surface area (Å²) < 4.78 is 34.3. The van der Waals surface area contributed by atoms with Crippen molar-refractivity contribution in [3.63, 3.8) is 0 Å². The summed E-state index contributed by atoms with van der Waals surface area (Å²) in [5, 5.41) is 10.3. The third-order valence-electron chi connectivity index (χ3n) is 7.24. The molecule has 1 N–H and O–H groups in total. The SMILES string of the molecule is COCOc1cc(-n2ccnc2)ccc1-c1cnc(O[C@H]2C[C@]3(C)CCCC([C@H]2F)N3B(C)O)cn1. The van der Waals surface area contributed by atoms with Crippen LogP contribution in [0.15, 0.2) is 49.3 Å². The number of halogens is 1. The van der Waals surface area contributed by atoms with Gasteiger partial charge < -0.3 is 28.6 Å². The van der Waals surface area contributed by atoms with Crippen molar-refractivity contribution in [2.75, 3.05) is 13.9 Å². The quantitative estimate of drug-likeness (QED) is 0.375. The van der Waals surface area contributed by atoms with Gasteiger partial charge in [-0.05, 0) is 38.7 Å². The minimum atomic E-state index is -1.22. The van der Waals surface area contributed by atoms with Gasteiger partial charge in [0.25, 0.3) is 0 Å². The minimum absolute atomic E-state index is 0.0813. The Balaban J connectivity index is 1.35. The van der Waals surface area contributed by atoms with Crippen LogP contribution in [0.2, 0.25) is 6.82 Å². The maximum atomic E-state index is 15.5. The molecule has 0 saturated carbocycles. The Morgan fingerprint density at radius 2 is 2.14 bits per heavy atom. The number of imidazole rings is 1. The molecule has 0 amide bonds. The number of alkyl halides is 1. The van der Waals surface area contributed by atoms with Crippen LogP contribution in [0.25, 0.3) is 16.9 Å². The van der Waals surface area contributed by atoms with Gasteiger partial charge in [0.1, 0.15) is 11.9 Å². The van der Waals surface area contributed by atoms with Gasteiger partial charge in [-0.3, -0.25) is 0 Å². The number of aromatic nitrogens is 4. The van der Waals surface area contributed by atoms with Gasteiger partial charge in [0.2, 0.25) is 5.88 Å². The van der Waals surface area contributed by atoms with Crippen LogP contribution in [0.1, 0.15) is 32.6 Å². The predicted molar refractivity (Wildman–Crippen MR) is 133 cm³/mol. The topological polar surface area (TPSA) is 94.8 Å². The molecule has 1 unspecified atom stereocenters. The molecule has 1 aromatic carbocycles. The zero-order chi connectivity index (χ0) is 25.3. The van der Waals surface area contributed by atoms with Gasteiger partial charge in [-0.2, -0.15) is 0 Å². The summed E-state index contributed by atoms with van der Waals surface area (Å²) in [7, 11) is 0.859. The van der Waals surface area contributed by atoms with Crippen molar-refractivity contribution in [1.82, 2.24) is 24.3 Å². The van der Waals surface area contributed by atoms with Crippen molar-refractivity contribution in [3.8, 4) is 28.6 Å². The van der Waals surface area contributed by atoms with Crippen molar-refractivity contribution >= 4 is 7.05 Å². The maximum absolute atomic E-state index is 15.5. The predicted octanol–water partition coefficient (Wildman–Crippen LogP) is 3.52. The fourth-order valence-electron chi connectivity index (χ4n) is 5.72. The highest BCUT2D eigenvalue weighted by atomic mass is 19.1. The smallest absolute Gasteiger partial charge is 0.377 e. The molecule has 0 radical (unpaired) electrons. The number of rotatable bonds is 8. The second-order valence-corrected chi connectivity index (χ2v) is 9.74. The van der Waals surface area contributed by atoms with Crippen LogP contribution >= 0.6 is 0 Å². The average molecular weight is 495 g/mol. The molecule has 2 aliphatic rings. The summed E-state index contributed by atoms with van der Waals surface area (Å²) in [6, 6.07) is 5.34. The van der Waals surface area contributed by atoms with Crippen LogP contribution in [-0.4, -0.2) is 74.2 Å². The molecule has 2 fully saturated rings. The lowest BCUT2D eigenvalue weighted by Gasteiger charge is -2.57. The first kappa shape index (κ1) is 24.7. The minimum Gasteiger partial charge on any atom is -0.470 e. The van der Waals surface area contributed by atoms with Gasteiger partial charge in [-0.15, -0.1) is 0 Å². The molecular formula is C25H31BFN5O4. The molecule has 36 heavy (non-hydrogen) atoms. The van der Waals surface area contributed by atoms with E-state index in [1.807, 2.05) is 33.8 Å². The molecule has 3 aromatic rings. The number of methoxy groups -OCH3 is 1. The first-order valence-corrected chi connectivity index (χ1v) is 12.2. The molecule has 2 saturated heterocycles. The number of fused-ring (bicyclic) bond motifs is 2. The van der Waals surface area contributed by atoms with Crippen molar-refractivity contribution < 1.29 is 23.6 Å². The monoisotopic (exact) mass is 495 g/mol. The van der Waals surface area contributed by atoms with E-state index in [9.17, 15) is 5.02 Å². The molecule has 2 aromatic heterocycles. The molecule has 2 bridgehead atoms. The van der Waals surface area contributed by atoms with Crippen LogP contribution in [0.4, 0.5) is 4.39 Å². The van der Waals surface area contributed by atoms with Crippen molar-refractivity contribution in [2.45, 2.75) is 63.3 Å². The van der Waals surface area contributed by atoms with Gasteiger partial charge in [0.15, 0.2) is 13.0 Å². The third kappa shape index (κ3) is 4.70. The zero-order valence-corrected chi connectivity index (χ0v) is 20.7. The normalized spacial score (nSPS) is 26.0. The Bertz CT molecular complexity index is 1170. The van der Waals surface area contributed by atoms with Crippen LogP contribution in [0.3, 0.4) is 0 Å². The average Bonchev–Trinajstić information content (AvgIpc) is 3.41. The molecule has 4 heterocycles. The Hall–Kier alpha value is -3.02. The van der Waals surface area contributed by atoms with Gasteiger partial charge >= 0.3 is 7.05 Å². The second-order valence-electron chi connectivity index (χ2n) is 9.74. The second kappa shape index (κ2) is 10.2. The van der Waals surface area contributed by atoms with E-state index in [1.54, 1.807) is 32.7 Å². The molecule has 9 nitrogen and oxygen atoms in total. The first-order chi connectivity index (χ1) is 17.4. The lowest BCUT2D eigenvalue weighted by atomic mass is 9.65. The Morgan fingerprint density at radius 1 is 1.28 bits per heavy atom. The van der Waals surface area contributed by atoms with Crippen LogP contribution in [0.5, 0.6) is 11.6 Å². The van der Waals surface area contributed by atoms with E-state index in [0.29, 0.717) is 24.3 Å². The Labute approximate surface area is 210 Å². The molecule has 5 rings (SSSR count). The molecule has 0 spiro atoms. The van der Waals surface area contributed by atoms with E-state index in [-0.39, 0.29) is 24.3 Å². The Morgan fingerprint density at radius 3 is 2.83 bits per heavy atom. The fourth-order valence-corrected chi connectivity index (χ4v) is 5.72. The van der Waals surface area contributed by atoms with E-state index in [0.717, 1.165) is 24.1 Å². The third-order valence-corrected chi connectivity index (χ3v) is 7.24. The van der Waals surface area contributed by atoms with Gasteiger partial charge in [0.05, 0.1) is 30.1 Å². The van der Waals surface area contributed by atoms with Crippen molar-refractivity contribution in [1.29, 1.82) is 0 Å². The van der Waals surface area contributed by atoms with E-state index in [1.165, 1.54) is 6.20 Å². The molecule has 4 atom stereocenters. The highest BCUT2D eigenvalue weighted by Gasteiger charge is 2.54. The number of hydrogen-bond acceptors (Lipinski definition) is 8. The summed E-state index contributed by atoms with van der Waals surface area (Å²) in [6.07, 6.45) is 9.52. The standard InChI is InChI=1S/C25H31BFN5O4/c1-25-8-4-5-20(32(25)26(2)33)24(27)22(12-25)36-23-14-29-19(13-30-23)18-7-6-17(31-10-9-28-15-31)11-21(18)35-16-34-3/h6-7,9-11,13-15,20,22,24,33H,4-5,8,12,16H2,1-3H3/t20?,22-,24+,25-/m0/s1. The van der Waals surface area contributed by atoms with Gasteiger partial charge in [-0.25, -0.2) is 19.3 Å². The number of benzene rings is 1. The summed E-state index contributed by atoms with van der Waals surface area (Å²) in [5.74, 6) is 0.856. The van der Waals surface area contributed by atoms with E-state index in [4.69, 9.17) is 14.2 Å².